The Morgan fingerprint density at radius 3 is 2.56 bits per heavy atom. The third kappa shape index (κ3) is 7.43. The fourth-order valence-corrected chi connectivity index (χ4v) is 0.403. The van der Waals surface area contributed by atoms with Crippen molar-refractivity contribution in [3.05, 3.63) is 6.92 Å². The molecule has 0 bridgehead atoms. The minimum Gasteiger partial charge on any atom is -0.355 e. The first-order valence-electron chi connectivity index (χ1n) is 2.81. The largest absolute Gasteiger partial charge is 0.355 e. The standard InChI is InChI=1S/C6H12N2O/c1-6(9)7-4-5-8(2)3/h1H,4-5H2,2-3H3,(H,7,9). The van der Waals surface area contributed by atoms with E-state index in [1.54, 1.807) is 0 Å². The summed E-state index contributed by atoms with van der Waals surface area (Å²) in [5, 5.41) is 2.47. The van der Waals surface area contributed by atoms with Crippen LogP contribution in [0.2, 0.25) is 0 Å². The number of carbonyl (C=O) groups excluding carboxylic acids is 1. The fraction of sp³-hybridized carbons (Fsp3) is 0.667. The summed E-state index contributed by atoms with van der Waals surface area (Å²) in [5.74, 6) is -0.461. The molecule has 0 aromatic carbocycles. The Morgan fingerprint density at radius 1 is 1.67 bits per heavy atom. The number of likely N-dealkylation sites (N-methyl/N-ethyl adjacent to an activating group) is 1. The Morgan fingerprint density at radius 2 is 2.22 bits per heavy atom. The van der Waals surface area contributed by atoms with Gasteiger partial charge in [0.15, 0.2) is 0 Å². The minimum atomic E-state index is -0.461. The second-order valence-corrected chi connectivity index (χ2v) is 2.09. The molecule has 0 fully saturated rings. The van der Waals surface area contributed by atoms with Gasteiger partial charge in [0, 0.05) is 13.1 Å². The van der Waals surface area contributed by atoms with E-state index in [1.807, 2.05) is 19.0 Å². The number of nitrogens with one attached hydrogen (secondary N) is 1. The van der Waals surface area contributed by atoms with Crippen LogP contribution in [0.5, 0.6) is 0 Å². The maximum Gasteiger partial charge on any atom is 0.224 e. The second-order valence-electron chi connectivity index (χ2n) is 2.09. The van der Waals surface area contributed by atoms with Gasteiger partial charge in [-0.15, -0.1) is 0 Å². The highest BCUT2D eigenvalue weighted by Crippen LogP contribution is 1.69. The van der Waals surface area contributed by atoms with Crippen LogP contribution in [0.3, 0.4) is 0 Å². The van der Waals surface area contributed by atoms with E-state index >= 15 is 0 Å². The second kappa shape index (κ2) is 4.32. The molecule has 0 saturated heterocycles. The van der Waals surface area contributed by atoms with Crippen LogP contribution >= 0.6 is 0 Å². The summed E-state index contributed by atoms with van der Waals surface area (Å²) in [5.41, 5.74) is 0. The Balaban J connectivity index is 3.01. The van der Waals surface area contributed by atoms with Crippen molar-refractivity contribution in [2.75, 3.05) is 27.2 Å². The molecule has 0 rings (SSSR count). The highest BCUT2D eigenvalue weighted by atomic mass is 16.1. The van der Waals surface area contributed by atoms with Crippen LogP contribution in [-0.2, 0) is 4.79 Å². The summed E-state index contributed by atoms with van der Waals surface area (Å²) in [6.07, 6.45) is 0. The lowest BCUT2D eigenvalue weighted by Gasteiger charge is -2.08. The molecule has 2 radical (unpaired) electrons. The van der Waals surface area contributed by atoms with Gasteiger partial charge >= 0.3 is 0 Å². The van der Waals surface area contributed by atoms with Gasteiger partial charge in [-0.05, 0) is 14.1 Å². The quantitative estimate of drug-likeness (QED) is 0.549. The van der Waals surface area contributed by atoms with E-state index < -0.39 is 5.91 Å². The number of nitrogens with zero attached hydrogens (tertiary/aromatic N) is 1. The van der Waals surface area contributed by atoms with Crippen LogP contribution in [-0.4, -0.2) is 38.0 Å². The molecular weight excluding hydrogens is 116 g/mol. The first kappa shape index (κ1) is 8.43. The van der Waals surface area contributed by atoms with Crippen molar-refractivity contribution in [2.45, 2.75) is 0 Å². The number of hydrogen-bond acceptors (Lipinski definition) is 2. The Bertz CT molecular complexity index is 91.1. The van der Waals surface area contributed by atoms with E-state index in [2.05, 4.69) is 5.32 Å². The zero-order valence-corrected chi connectivity index (χ0v) is 5.85. The molecule has 0 atom stereocenters. The van der Waals surface area contributed by atoms with Gasteiger partial charge < -0.3 is 10.2 Å². The van der Waals surface area contributed by atoms with Crippen molar-refractivity contribution in [2.24, 2.45) is 0 Å². The van der Waals surface area contributed by atoms with Gasteiger partial charge in [-0.3, -0.25) is 4.79 Å². The van der Waals surface area contributed by atoms with Gasteiger partial charge in [-0.1, -0.05) is 0 Å². The molecule has 0 aliphatic heterocycles. The van der Waals surface area contributed by atoms with Crippen LogP contribution in [0, 0.1) is 6.92 Å². The average Bonchev–Trinajstić information content (AvgIpc) is 1.63. The van der Waals surface area contributed by atoms with Crippen molar-refractivity contribution >= 4 is 5.91 Å². The molecule has 0 unspecified atom stereocenters. The molecule has 0 aromatic heterocycles. The third-order valence-electron chi connectivity index (χ3n) is 0.858. The molecule has 0 spiro atoms. The van der Waals surface area contributed by atoms with E-state index in [0.717, 1.165) is 6.54 Å². The van der Waals surface area contributed by atoms with Crippen LogP contribution in [0.15, 0.2) is 0 Å². The molecular formula is C6H12N2O. The Kier molecular flexibility index (Phi) is 4.05. The fourth-order valence-electron chi connectivity index (χ4n) is 0.403. The molecule has 3 nitrogen and oxygen atoms in total. The predicted molar refractivity (Wildman–Crippen MR) is 35.9 cm³/mol. The average molecular weight is 128 g/mol. The summed E-state index contributed by atoms with van der Waals surface area (Å²) in [7, 11) is 3.87. The third-order valence-corrected chi connectivity index (χ3v) is 0.858. The van der Waals surface area contributed by atoms with Crippen LogP contribution in [0.25, 0.3) is 0 Å². The zero-order chi connectivity index (χ0) is 7.28. The highest BCUT2D eigenvalue weighted by molar-refractivity contribution is 5.79. The number of amides is 1. The highest BCUT2D eigenvalue weighted by Gasteiger charge is 1.90. The van der Waals surface area contributed by atoms with Gasteiger partial charge in [-0.2, -0.15) is 0 Å². The van der Waals surface area contributed by atoms with E-state index in [9.17, 15) is 4.79 Å². The van der Waals surface area contributed by atoms with Gasteiger partial charge in [0.25, 0.3) is 0 Å². The first-order valence-corrected chi connectivity index (χ1v) is 2.81. The molecule has 0 aliphatic rings. The predicted octanol–water partition coefficient (Wildman–Crippen LogP) is -0.625. The molecule has 9 heavy (non-hydrogen) atoms. The number of rotatable bonds is 3. The Hall–Kier alpha value is -0.570. The van der Waals surface area contributed by atoms with Crippen molar-refractivity contribution in [3.8, 4) is 0 Å². The maximum atomic E-state index is 10.1. The van der Waals surface area contributed by atoms with Crippen molar-refractivity contribution < 1.29 is 4.79 Å². The van der Waals surface area contributed by atoms with Crippen LogP contribution in [0.1, 0.15) is 0 Å². The van der Waals surface area contributed by atoms with Gasteiger partial charge in [0.05, 0.1) is 6.92 Å². The van der Waals surface area contributed by atoms with E-state index in [1.165, 1.54) is 0 Å². The molecule has 1 amide bonds. The normalized spacial score (nSPS) is 9.78. The molecule has 0 aromatic rings. The van der Waals surface area contributed by atoms with E-state index in [0.29, 0.717) is 6.54 Å². The Labute approximate surface area is 56.0 Å². The monoisotopic (exact) mass is 128 g/mol. The first-order chi connectivity index (χ1) is 4.13. The lowest BCUT2D eigenvalue weighted by Crippen LogP contribution is -2.29. The maximum absolute atomic E-state index is 10.1. The van der Waals surface area contributed by atoms with Crippen molar-refractivity contribution in [1.29, 1.82) is 0 Å². The lowest BCUT2D eigenvalue weighted by atomic mass is 10.5. The summed E-state index contributed by atoms with van der Waals surface area (Å²) in [6.45, 7) is 6.25. The molecule has 3 heteroatoms. The molecule has 52 valence electrons. The SMILES string of the molecule is [CH]C(=O)NCCN(C)C. The summed E-state index contributed by atoms with van der Waals surface area (Å²) >= 11 is 0. The zero-order valence-electron chi connectivity index (χ0n) is 5.85. The summed E-state index contributed by atoms with van der Waals surface area (Å²) < 4.78 is 0. The lowest BCUT2D eigenvalue weighted by molar-refractivity contribution is -0.116. The molecule has 1 N–H and O–H groups in total. The summed E-state index contributed by atoms with van der Waals surface area (Å²) in [4.78, 5) is 12.0. The molecule has 0 saturated carbocycles. The number of carbonyl (C=O) groups is 1. The van der Waals surface area contributed by atoms with Gasteiger partial charge in [0.1, 0.15) is 0 Å². The topological polar surface area (TPSA) is 32.3 Å². The minimum absolute atomic E-state index is 0.461. The van der Waals surface area contributed by atoms with E-state index in [-0.39, 0.29) is 0 Å². The van der Waals surface area contributed by atoms with Crippen LogP contribution in [0.4, 0.5) is 0 Å². The smallest absolute Gasteiger partial charge is 0.224 e. The van der Waals surface area contributed by atoms with Gasteiger partial charge in [0.2, 0.25) is 5.91 Å². The van der Waals surface area contributed by atoms with Crippen molar-refractivity contribution in [3.63, 3.8) is 0 Å². The van der Waals surface area contributed by atoms with Gasteiger partial charge in [-0.25, -0.2) is 0 Å². The van der Waals surface area contributed by atoms with Crippen LogP contribution < -0.4 is 5.32 Å². The molecule has 0 heterocycles. The number of hydrogen-bond donors (Lipinski definition) is 1. The van der Waals surface area contributed by atoms with Crippen molar-refractivity contribution in [1.82, 2.24) is 10.2 Å². The van der Waals surface area contributed by atoms with E-state index in [4.69, 9.17) is 6.92 Å². The summed E-state index contributed by atoms with van der Waals surface area (Å²) in [6, 6.07) is 0. The molecule has 0 aliphatic carbocycles.